The largest absolute Gasteiger partial charge is 0.494 e. The summed E-state index contributed by atoms with van der Waals surface area (Å²) < 4.78 is 5.30. The molecule has 0 aliphatic carbocycles. The van der Waals surface area contributed by atoms with Gasteiger partial charge in [-0.05, 0) is 26.1 Å². The fourth-order valence-electron chi connectivity index (χ4n) is 2.17. The Bertz CT molecular complexity index is 720. The van der Waals surface area contributed by atoms with Crippen molar-refractivity contribution in [3.8, 4) is 5.88 Å². The molecule has 0 aliphatic rings. The van der Waals surface area contributed by atoms with Gasteiger partial charge in [-0.15, -0.1) is 0 Å². The Labute approximate surface area is 122 Å². The van der Waals surface area contributed by atoms with Crippen molar-refractivity contribution in [2.45, 2.75) is 33.5 Å². The second kappa shape index (κ2) is 6.00. The summed E-state index contributed by atoms with van der Waals surface area (Å²) in [6.45, 7) is 5.09. The Balaban J connectivity index is 2.64. The molecule has 0 aliphatic heterocycles. The summed E-state index contributed by atoms with van der Waals surface area (Å²) in [6.07, 6.45) is 3.71. The topological polar surface area (TPSA) is 51.0 Å². The van der Waals surface area contributed by atoms with Crippen molar-refractivity contribution < 1.29 is 9.67 Å². The van der Waals surface area contributed by atoms with Crippen LogP contribution >= 0.6 is 12.2 Å². The minimum absolute atomic E-state index is 0.0384. The highest BCUT2D eigenvalue weighted by Gasteiger charge is 2.18. The van der Waals surface area contributed by atoms with Crippen molar-refractivity contribution in [1.82, 2.24) is 9.13 Å². The normalized spacial score (nSPS) is 10.7. The molecule has 1 N–H and O–H groups in total. The highest BCUT2D eigenvalue weighted by Crippen LogP contribution is 2.14. The van der Waals surface area contributed by atoms with Gasteiger partial charge in [-0.1, -0.05) is 6.07 Å². The highest BCUT2D eigenvalue weighted by molar-refractivity contribution is 7.71. The highest BCUT2D eigenvalue weighted by atomic mass is 32.1. The van der Waals surface area contributed by atoms with E-state index in [0.29, 0.717) is 30.0 Å². The van der Waals surface area contributed by atoms with Crippen molar-refractivity contribution >= 4 is 12.2 Å². The first kappa shape index (κ1) is 14.5. The van der Waals surface area contributed by atoms with Crippen LogP contribution in [-0.2, 0) is 19.6 Å². The van der Waals surface area contributed by atoms with Crippen LogP contribution in [0.5, 0.6) is 5.88 Å². The summed E-state index contributed by atoms with van der Waals surface area (Å²) in [5.41, 5.74) is 0.134. The van der Waals surface area contributed by atoms with E-state index in [-0.39, 0.29) is 11.4 Å². The van der Waals surface area contributed by atoms with Crippen LogP contribution in [0.4, 0.5) is 0 Å². The Morgan fingerprint density at radius 1 is 1.15 bits per heavy atom. The second-order valence-electron chi connectivity index (χ2n) is 4.43. The lowest BCUT2D eigenvalue weighted by atomic mass is 10.3. The smallest absolute Gasteiger partial charge is 0.267 e. The molecule has 0 spiro atoms. The molecule has 0 unspecified atom stereocenters. The van der Waals surface area contributed by atoms with Gasteiger partial charge in [-0.2, -0.15) is 0 Å². The van der Waals surface area contributed by atoms with Gasteiger partial charge in [-0.25, -0.2) is 4.57 Å². The Kier molecular flexibility index (Phi) is 4.34. The Morgan fingerprint density at radius 3 is 2.30 bits per heavy atom. The third-order valence-corrected chi connectivity index (χ3v) is 3.68. The summed E-state index contributed by atoms with van der Waals surface area (Å²) in [4.78, 5) is 12.4. The molecule has 0 bridgehead atoms. The predicted octanol–water partition coefficient (Wildman–Crippen LogP) is 1.46. The van der Waals surface area contributed by atoms with E-state index in [2.05, 4.69) is 0 Å². The second-order valence-corrected chi connectivity index (χ2v) is 4.79. The van der Waals surface area contributed by atoms with Crippen LogP contribution in [-0.4, -0.2) is 14.2 Å². The monoisotopic (exact) mass is 292 g/mol. The number of hydrogen-bond donors (Lipinski definition) is 1. The molecule has 20 heavy (non-hydrogen) atoms. The maximum absolute atomic E-state index is 12.4. The van der Waals surface area contributed by atoms with Crippen LogP contribution in [0.25, 0.3) is 0 Å². The molecule has 2 aromatic heterocycles. The van der Waals surface area contributed by atoms with Gasteiger partial charge in [0.1, 0.15) is 5.56 Å². The lowest BCUT2D eigenvalue weighted by Crippen LogP contribution is -2.38. The first-order valence-corrected chi connectivity index (χ1v) is 7.00. The number of aromatic hydroxyl groups is 1. The van der Waals surface area contributed by atoms with Crippen molar-refractivity contribution in [1.29, 1.82) is 0 Å². The predicted molar refractivity (Wildman–Crippen MR) is 78.3 cm³/mol. The maximum Gasteiger partial charge on any atom is 0.267 e. The van der Waals surface area contributed by atoms with Crippen LogP contribution in [0.3, 0.4) is 0 Å². The fourth-order valence-corrected chi connectivity index (χ4v) is 2.60. The molecule has 0 amide bonds. The number of nitrogens with zero attached hydrogens (tertiary/aromatic N) is 3. The zero-order valence-electron chi connectivity index (χ0n) is 11.6. The van der Waals surface area contributed by atoms with Crippen LogP contribution in [0.15, 0.2) is 35.4 Å². The molecule has 0 saturated carbocycles. The van der Waals surface area contributed by atoms with E-state index in [1.807, 2.05) is 49.0 Å². The van der Waals surface area contributed by atoms with Gasteiger partial charge >= 0.3 is 0 Å². The molecule has 0 saturated heterocycles. The van der Waals surface area contributed by atoms with Crippen molar-refractivity contribution in [3.63, 3.8) is 0 Å². The van der Waals surface area contributed by atoms with E-state index in [1.165, 1.54) is 4.57 Å². The molecule has 0 atom stereocenters. The molecule has 106 valence electrons. The van der Waals surface area contributed by atoms with E-state index < -0.39 is 0 Å². The maximum atomic E-state index is 12.4. The lowest BCUT2D eigenvalue weighted by Gasteiger charge is -2.14. The van der Waals surface area contributed by atoms with Crippen LogP contribution in [0.2, 0.25) is 0 Å². The van der Waals surface area contributed by atoms with Crippen LogP contribution in [0, 0.1) is 4.77 Å². The number of pyridine rings is 1. The van der Waals surface area contributed by atoms with Gasteiger partial charge < -0.3 is 5.11 Å². The van der Waals surface area contributed by atoms with E-state index in [4.69, 9.17) is 12.2 Å². The zero-order valence-corrected chi connectivity index (χ0v) is 12.4. The molecule has 5 nitrogen and oxygen atoms in total. The first-order chi connectivity index (χ1) is 9.60. The minimum atomic E-state index is -0.226. The van der Waals surface area contributed by atoms with Crippen molar-refractivity contribution in [3.05, 3.63) is 51.3 Å². The Morgan fingerprint density at radius 2 is 1.75 bits per heavy atom. The third-order valence-electron chi connectivity index (χ3n) is 3.24. The summed E-state index contributed by atoms with van der Waals surface area (Å²) in [5.74, 6) is -0.0384. The average Bonchev–Trinajstić information content (AvgIpc) is 2.46. The summed E-state index contributed by atoms with van der Waals surface area (Å²) in [5, 5.41) is 10.3. The lowest BCUT2D eigenvalue weighted by molar-refractivity contribution is -0.688. The SMILES string of the molecule is CCn1c(O)c(C[n+]2ccccc2)c(=O)n(CC)c1=S. The molecule has 6 heteroatoms. The minimum Gasteiger partial charge on any atom is -0.494 e. The number of hydrogen-bond acceptors (Lipinski definition) is 3. The molecule has 2 heterocycles. The van der Waals surface area contributed by atoms with Gasteiger partial charge in [0.25, 0.3) is 5.56 Å². The first-order valence-electron chi connectivity index (χ1n) is 6.59. The van der Waals surface area contributed by atoms with Crippen LogP contribution < -0.4 is 10.1 Å². The van der Waals surface area contributed by atoms with E-state index in [9.17, 15) is 9.90 Å². The summed E-state index contributed by atoms with van der Waals surface area (Å²) >= 11 is 5.25. The van der Waals surface area contributed by atoms with E-state index in [1.54, 1.807) is 4.57 Å². The summed E-state index contributed by atoms with van der Waals surface area (Å²) in [6, 6.07) is 5.66. The van der Waals surface area contributed by atoms with Gasteiger partial charge in [0.2, 0.25) is 5.88 Å². The average molecular weight is 292 g/mol. The standard InChI is InChI=1S/C14H17N3O2S/c1-3-16-12(18)11(10-15-8-6-5-7-9-15)13(19)17(4-2)14(16)20/h5-9H,3-4,10H2,1-2H3/p+1. The van der Waals surface area contributed by atoms with Crippen LogP contribution in [0.1, 0.15) is 19.4 Å². The van der Waals surface area contributed by atoms with Gasteiger partial charge in [-0.3, -0.25) is 13.9 Å². The third kappa shape index (κ3) is 2.51. The fraction of sp³-hybridized carbons (Fsp3) is 0.357. The van der Waals surface area contributed by atoms with Crippen molar-refractivity contribution in [2.75, 3.05) is 0 Å². The summed E-state index contributed by atoms with van der Waals surface area (Å²) in [7, 11) is 0. The molecule has 0 fully saturated rings. The van der Waals surface area contributed by atoms with Gasteiger partial charge in [0, 0.05) is 25.2 Å². The molecule has 0 radical (unpaired) electrons. The Hall–Kier alpha value is -1.95. The molecular formula is C14H18N3O2S+. The van der Waals surface area contributed by atoms with Gasteiger partial charge in [0.05, 0.1) is 0 Å². The van der Waals surface area contributed by atoms with E-state index in [0.717, 1.165) is 0 Å². The number of rotatable bonds is 4. The van der Waals surface area contributed by atoms with Crippen molar-refractivity contribution in [2.24, 2.45) is 0 Å². The zero-order chi connectivity index (χ0) is 14.7. The number of aromatic nitrogens is 3. The molecule has 0 aromatic carbocycles. The molecular weight excluding hydrogens is 274 g/mol. The van der Waals surface area contributed by atoms with E-state index >= 15 is 0 Å². The quantitative estimate of drug-likeness (QED) is 0.685. The molecule has 2 rings (SSSR count). The van der Waals surface area contributed by atoms with Gasteiger partial charge in [0.15, 0.2) is 23.7 Å². The molecule has 2 aromatic rings.